The number of methoxy groups -OCH3 is 1. The van der Waals surface area contributed by atoms with E-state index in [1.807, 2.05) is 47.4 Å². The highest BCUT2D eigenvalue weighted by Crippen LogP contribution is 2.34. The molecule has 1 saturated carbocycles. The SMILES string of the molecule is COc1cccc(N2CCN(C(=O)c3oc4ccccc4c3NC(=O)C3CCCCC3)CC2)c1. The van der Waals surface area contributed by atoms with Gasteiger partial charge in [0.1, 0.15) is 17.0 Å². The molecular weight excluding hydrogens is 430 g/mol. The molecule has 0 atom stereocenters. The van der Waals surface area contributed by atoms with Gasteiger partial charge in [0, 0.05) is 49.2 Å². The molecule has 0 bridgehead atoms. The molecule has 7 nitrogen and oxygen atoms in total. The highest BCUT2D eigenvalue weighted by Gasteiger charge is 2.30. The molecule has 3 aromatic rings. The van der Waals surface area contributed by atoms with Crippen LogP contribution in [0.2, 0.25) is 0 Å². The number of nitrogens with one attached hydrogen (secondary N) is 1. The summed E-state index contributed by atoms with van der Waals surface area (Å²) in [5, 5.41) is 3.83. The number of para-hydroxylation sites is 1. The molecule has 0 spiro atoms. The topological polar surface area (TPSA) is 75.0 Å². The van der Waals surface area contributed by atoms with E-state index in [0.29, 0.717) is 37.4 Å². The first-order chi connectivity index (χ1) is 16.6. The Morgan fingerprint density at radius 3 is 2.50 bits per heavy atom. The molecule has 1 aliphatic heterocycles. The van der Waals surface area contributed by atoms with Crippen LogP contribution in [-0.4, -0.2) is 50.0 Å². The molecule has 1 aliphatic carbocycles. The largest absolute Gasteiger partial charge is 0.497 e. The zero-order valence-electron chi connectivity index (χ0n) is 19.6. The van der Waals surface area contributed by atoms with Crippen molar-refractivity contribution in [1.82, 2.24) is 4.90 Å². The standard InChI is InChI=1S/C27H31N3O4/c1-33-21-11-7-10-20(18-21)29-14-16-30(17-15-29)27(32)25-24(22-12-5-6-13-23(22)34-25)28-26(31)19-8-3-2-4-9-19/h5-7,10-13,18-19H,2-4,8-9,14-17H2,1H3,(H,28,31). The van der Waals surface area contributed by atoms with E-state index in [1.54, 1.807) is 7.11 Å². The second-order valence-corrected chi connectivity index (χ2v) is 9.11. The van der Waals surface area contributed by atoms with E-state index >= 15 is 0 Å². The van der Waals surface area contributed by atoms with Gasteiger partial charge < -0.3 is 24.3 Å². The van der Waals surface area contributed by atoms with Crippen LogP contribution in [0.1, 0.15) is 42.7 Å². The molecule has 7 heteroatoms. The Balaban J connectivity index is 1.34. The number of nitrogens with zero attached hydrogens (tertiary/aromatic N) is 2. The molecule has 2 aromatic carbocycles. The summed E-state index contributed by atoms with van der Waals surface area (Å²) in [5.74, 6) is 0.845. The van der Waals surface area contributed by atoms with E-state index in [2.05, 4.69) is 16.3 Å². The maximum Gasteiger partial charge on any atom is 0.291 e. The minimum absolute atomic E-state index is 0.00299. The Kier molecular flexibility index (Phi) is 6.43. The van der Waals surface area contributed by atoms with Crippen LogP contribution in [0.5, 0.6) is 5.75 Å². The lowest BCUT2D eigenvalue weighted by molar-refractivity contribution is -0.120. The maximum atomic E-state index is 13.5. The fourth-order valence-corrected chi connectivity index (χ4v) is 5.03. The van der Waals surface area contributed by atoms with Crippen LogP contribution in [0.4, 0.5) is 11.4 Å². The molecule has 1 N–H and O–H groups in total. The van der Waals surface area contributed by atoms with Gasteiger partial charge in [0.05, 0.1) is 7.11 Å². The highest BCUT2D eigenvalue weighted by molar-refractivity contribution is 6.11. The molecule has 178 valence electrons. The normalized spacial score (nSPS) is 17.1. The van der Waals surface area contributed by atoms with Gasteiger partial charge in [0.15, 0.2) is 0 Å². The molecule has 1 saturated heterocycles. The minimum atomic E-state index is -0.180. The summed E-state index contributed by atoms with van der Waals surface area (Å²) in [4.78, 5) is 30.6. The molecule has 2 amide bonds. The third-order valence-electron chi connectivity index (χ3n) is 7.00. The third-order valence-corrected chi connectivity index (χ3v) is 7.00. The average molecular weight is 462 g/mol. The summed E-state index contributed by atoms with van der Waals surface area (Å²) in [6.07, 6.45) is 5.14. The van der Waals surface area contributed by atoms with Gasteiger partial charge in [-0.25, -0.2) is 0 Å². The molecular formula is C27H31N3O4. The second-order valence-electron chi connectivity index (χ2n) is 9.11. The van der Waals surface area contributed by atoms with Crippen molar-refractivity contribution < 1.29 is 18.7 Å². The first-order valence-electron chi connectivity index (χ1n) is 12.1. The molecule has 0 unspecified atom stereocenters. The number of piperazine rings is 1. The number of fused-ring (bicyclic) bond motifs is 1. The molecule has 5 rings (SSSR count). The van der Waals surface area contributed by atoms with Crippen LogP contribution in [-0.2, 0) is 4.79 Å². The number of benzene rings is 2. The fraction of sp³-hybridized carbons (Fsp3) is 0.407. The average Bonchev–Trinajstić information content (AvgIpc) is 3.27. The van der Waals surface area contributed by atoms with Crippen molar-refractivity contribution in [2.75, 3.05) is 43.5 Å². The lowest BCUT2D eigenvalue weighted by Crippen LogP contribution is -2.48. The van der Waals surface area contributed by atoms with E-state index in [-0.39, 0.29) is 23.5 Å². The Bertz CT molecular complexity index is 1170. The Hall–Kier alpha value is -3.48. The molecule has 34 heavy (non-hydrogen) atoms. The second kappa shape index (κ2) is 9.79. The van der Waals surface area contributed by atoms with Crippen LogP contribution in [0.3, 0.4) is 0 Å². The number of ether oxygens (including phenoxy) is 1. The minimum Gasteiger partial charge on any atom is -0.497 e. The molecule has 0 radical (unpaired) electrons. The van der Waals surface area contributed by atoms with Gasteiger partial charge in [0.25, 0.3) is 5.91 Å². The summed E-state index contributed by atoms with van der Waals surface area (Å²) in [6.45, 7) is 2.57. The van der Waals surface area contributed by atoms with Crippen molar-refractivity contribution in [2.24, 2.45) is 5.92 Å². The molecule has 2 fully saturated rings. The lowest BCUT2D eigenvalue weighted by Gasteiger charge is -2.36. The van der Waals surface area contributed by atoms with E-state index in [0.717, 1.165) is 42.5 Å². The molecule has 2 heterocycles. The zero-order chi connectivity index (χ0) is 23.5. The van der Waals surface area contributed by atoms with Crippen LogP contribution >= 0.6 is 0 Å². The molecule has 2 aliphatic rings. The number of anilines is 2. The summed E-state index contributed by atoms with van der Waals surface area (Å²) in [5.41, 5.74) is 2.20. The van der Waals surface area contributed by atoms with E-state index in [4.69, 9.17) is 9.15 Å². The van der Waals surface area contributed by atoms with Gasteiger partial charge in [-0.15, -0.1) is 0 Å². The predicted molar refractivity (Wildman–Crippen MR) is 133 cm³/mol. The smallest absolute Gasteiger partial charge is 0.291 e. The number of carbonyl (C=O) groups is 2. The fourth-order valence-electron chi connectivity index (χ4n) is 5.03. The number of hydrogen-bond acceptors (Lipinski definition) is 5. The first-order valence-corrected chi connectivity index (χ1v) is 12.1. The Labute approximate surface area is 199 Å². The first kappa shape index (κ1) is 22.3. The van der Waals surface area contributed by atoms with E-state index in [1.165, 1.54) is 6.42 Å². The van der Waals surface area contributed by atoms with Gasteiger partial charge in [-0.3, -0.25) is 9.59 Å². The van der Waals surface area contributed by atoms with Gasteiger partial charge in [-0.05, 0) is 37.1 Å². The number of carbonyl (C=O) groups excluding carboxylic acids is 2. The zero-order valence-corrected chi connectivity index (χ0v) is 19.6. The van der Waals surface area contributed by atoms with Gasteiger partial charge in [-0.1, -0.05) is 37.5 Å². The van der Waals surface area contributed by atoms with E-state index < -0.39 is 0 Å². The lowest BCUT2D eigenvalue weighted by atomic mass is 9.88. The van der Waals surface area contributed by atoms with Crippen LogP contribution in [0.25, 0.3) is 11.0 Å². The van der Waals surface area contributed by atoms with Crippen LogP contribution in [0.15, 0.2) is 52.9 Å². The van der Waals surface area contributed by atoms with Crippen molar-refractivity contribution >= 4 is 34.2 Å². The van der Waals surface area contributed by atoms with Crippen molar-refractivity contribution in [2.45, 2.75) is 32.1 Å². The number of rotatable bonds is 5. The number of amides is 2. The Morgan fingerprint density at radius 1 is 0.971 bits per heavy atom. The molecule has 1 aromatic heterocycles. The third kappa shape index (κ3) is 4.47. The predicted octanol–water partition coefficient (Wildman–Crippen LogP) is 4.92. The maximum absolute atomic E-state index is 13.5. The summed E-state index contributed by atoms with van der Waals surface area (Å²) in [6, 6.07) is 15.5. The summed E-state index contributed by atoms with van der Waals surface area (Å²) in [7, 11) is 1.66. The van der Waals surface area contributed by atoms with E-state index in [9.17, 15) is 9.59 Å². The highest BCUT2D eigenvalue weighted by atomic mass is 16.5. The number of hydrogen-bond donors (Lipinski definition) is 1. The summed E-state index contributed by atoms with van der Waals surface area (Å²) < 4.78 is 11.4. The quantitative estimate of drug-likeness (QED) is 0.584. The van der Waals surface area contributed by atoms with Crippen LogP contribution < -0.4 is 15.0 Å². The number of furan rings is 1. The van der Waals surface area contributed by atoms with Gasteiger partial charge in [0.2, 0.25) is 11.7 Å². The Morgan fingerprint density at radius 2 is 1.74 bits per heavy atom. The van der Waals surface area contributed by atoms with Crippen LogP contribution in [0, 0.1) is 5.92 Å². The van der Waals surface area contributed by atoms with Crippen molar-refractivity contribution in [3.8, 4) is 5.75 Å². The monoisotopic (exact) mass is 461 g/mol. The van der Waals surface area contributed by atoms with Gasteiger partial charge >= 0.3 is 0 Å². The van der Waals surface area contributed by atoms with Crippen molar-refractivity contribution in [1.29, 1.82) is 0 Å². The summed E-state index contributed by atoms with van der Waals surface area (Å²) >= 11 is 0. The van der Waals surface area contributed by atoms with Crippen molar-refractivity contribution in [3.63, 3.8) is 0 Å². The van der Waals surface area contributed by atoms with Gasteiger partial charge in [-0.2, -0.15) is 0 Å². The van der Waals surface area contributed by atoms with Crippen molar-refractivity contribution in [3.05, 3.63) is 54.3 Å².